The summed E-state index contributed by atoms with van der Waals surface area (Å²) < 4.78 is 0. The summed E-state index contributed by atoms with van der Waals surface area (Å²) in [6, 6.07) is 8.14. The summed E-state index contributed by atoms with van der Waals surface area (Å²) in [4.78, 5) is 12.3. The van der Waals surface area contributed by atoms with E-state index in [9.17, 15) is 4.79 Å². The number of rotatable bonds is 3. The average molecular weight is 246 g/mol. The maximum Gasteiger partial charge on any atom is 0.251 e. The van der Waals surface area contributed by atoms with E-state index in [1.165, 1.54) is 0 Å². The lowest BCUT2D eigenvalue weighted by Crippen LogP contribution is -2.64. The predicted octanol–water partition coefficient (Wildman–Crippen LogP) is 2.10. The number of nitrogens with two attached hydrogens (primary N) is 1. The molecule has 2 unspecified atom stereocenters. The molecule has 3 nitrogen and oxygen atoms in total. The molecule has 1 fully saturated rings. The lowest BCUT2D eigenvalue weighted by molar-refractivity contribution is 0.0586. The summed E-state index contributed by atoms with van der Waals surface area (Å²) in [5, 5.41) is 3.11. The molecule has 0 radical (unpaired) electrons. The first kappa shape index (κ1) is 13.1. The van der Waals surface area contributed by atoms with Crippen LogP contribution in [0.2, 0.25) is 0 Å². The maximum absolute atomic E-state index is 12.3. The van der Waals surface area contributed by atoms with Crippen molar-refractivity contribution >= 4 is 5.91 Å². The molecule has 3 N–H and O–H groups in total. The van der Waals surface area contributed by atoms with Gasteiger partial charge in [-0.25, -0.2) is 0 Å². The van der Waals surface area contributed by atoms with Gasteiger partial charge in [-0.2, -0.15) is 0 Å². The first-order valence-electron chi connectivity index (χ1n) is 6.61. The van der Waals surface area contributed by atoms with Crippen molar-refractivity contribution in [3.63, 3.8) is 0 Å². The van der Waals surface area contributed by atoms with Crippen molar-refractivity contribution in [2.75, 3.05) is 0 Å². The van der Waals surface area contributed by atoms with Crippen LogP contribution in [0.15, 0.2) is 24.3 Å². The van der Waals surface area contributed by atoms with Crippen molar-refractivity contribution in [2.45, 2.75) is 45.7 Å². The number of hydrogen-bond acceptors (Lipinski definition) is 2. The lowest BCUT2D eigenvalue weighted by Gasteiger charge is -2.50. The molecule has 2 atom stereocenters. The number of carbonyl (C=O) groups excluding carboxylic acids is 1. The van der Waals surface area contributed by atoms with Gasteiger partial charge >= 0.3 is 0 Å². The molecule has 1 amide bonds. The molecule has 3 heteroatoms. The lowest BCUT2D eigenvalue weighted by atomic mass is 9.63. The first-order chi connectivity index (χ1) is 8.46. The molecule has 1 aliphatic carbocycles. The SMILES string of the molecule is CCc1ccccc1C(=O)NC1CC(N)C1(C)C. The molecule has 0 spiro atoms. The van der Waals surface area contributed by atoms with Crippen LogP contribution in [0.4, 0.5) is 0 Å². The smallest absolute Gasteiger partial charge is 0.251 e. The highest BCUT2D eigenvalue weighted by Gasteiger charge is 2.46. The van der Waals surface area contributed by atoms with Gasteiger partial charge in [0.05, 0.1) is 0 Å². The van der Waals surface area contributed by atoms with Crippen molar-refractivity contribution in [2.24, 2.45) is 11.1 Å². The minimum atomic E-state index is -0.00316. The van der Waals surface area contributed by atoms with E-state index in [-0.39, 0.29) is 23.4 Å². The highest BCUT2D eigenvalue weighted by molar-refractivity contribution is 5.96. The molecule has 1 aliphatic rings. The Hall–Kier alpha value is -1.35. The van der Waals surface area contributed by atoms with Crippen molar-refractivity contribution in [3.05, 3.63) is 35.4 Å². The van der Waals surface area contributed by atoms with Gasteiger partial charge in [0.2, 0.25) is 0 Å². The Balaban J connectivity index is 2.09. The fraction of sp³-hybridized carbons (Fsp3) is 0.533. The van der Waals surface area contributed by atoms with Gasteiger partial charge in [-0.15, -0.1) is 0 Å². The van der Waals surface area contributed by atoms with Crippen LogP contribution < -0.4 is 11.1 Å². The molecule has 2 rings (SSSR count). The van der Waals surface area contributed by atoms with Crippen LogP contribution in [0, 0.1) is 5.41 Å². The van der Waals surface area contributed by atoms with Crippen molar-refractivity contribution in [1.29, 1.82) is 0 Å². The van der Waals surface area contributed by atoms with Crippen LogP contribution in [0.25, 0.3) is 0 Å². The highest BCUT2D eigenvalue weighted by atomic mass is 16.1. The summed E-state index contributed by atoms with van der Waals surface area (Å²) in [6.45, 7) is 6.28. The van der Waals surface area contributed by atoms with E-state index in [4.69, 9.17) is 5.73 Å². The van der Waals surface area contributed by atoms with Gasteiger partial charge in [-0.1, -0.05) is 39.0 Å². The van der Waals surface area contributed by atoms with Gasteiger partial charge in [0.1, 0.15) is 0 Å². The van der Waals surface area contributed by atoms with E-state index in [0.717, 1.165) is 24.0 Å². The molecular formula is C15H22N2O. The molecule has 98 valence electrons. The molecule has 0 bridgehead atoms. The summed E-state index contributed by atoms with van der Waals surface area (Å²) in [5.74, 6) is 0.0254. The van der Waals surface area contributed by atoms with Crippen LogP contribution in [0.5, 0.6) is 0 Å². The van der Waals surface area contributed by atoms with Crippen molar-refractivity contribution < 1.29 is 4.79 Å². The van der Waals surface area contributed by atoms with Crippen molar-refractivity contribution in [1.82, 2.24) is 5.32 Å². The molecule has 1 saturated carbocycles. The van der Waals surface area contributed by atoms with E-state index in [2.05, 4.69) is 26.1 Å². The van der Waals surface area contributed by atoms with E-state index in [1.54, 1.807) is 0 Å². The minimum absolute atomic E-state index is 0.00316. The standard InChI is InChI=1S/C15H22N2O/c1-4-10-7-5-6-8-11(10)14(18)17-13-9-12(16)15(13,2)3/h5-8,12-13H,4,9,16H2,1-3H3,(H,17,18). The van der Waals surface area contributed by atoms with Gasteiger partial charge in [-0.3, -0.25) is 4.79 Å². The largest absolute Gasteiger partial charge is 0.349 e. The van der Waals surface area contributed by atoms with E-state index >= 15 is 0 Å². The molecular weight excluding hydrogens is 224 g/mol. The molecule has 0 heterocycles. The first-order valence-corrected chi connectivity index (χ1v) is 6.61. The fourth-order valence-corrected chi connectivity index (χ4v) is 2.49. The zero-order valence-electron chi connectivity index (χ0n) is 11.4. The highest BCUT2D eigenvalue weighted by Crippen LogP contribution is 2.39. The number of amides is 1. The van der Waals surface area contributed by atoms with Gasteiger partial charge in [0.15, 0.2) is 0 Å². The molecule has 1 aromatic carbocycles. The van der Waals surface area contributed by atoms with E-state index in [1.807, 2.05) is 24.3 Å². The van der Waals surface area contributed by atoms with Gasteiger partial charge in [0.25, 0.3) is 5.91 Å². The number of carbonyl (C=O) groups is 1. The summed E-state index contributed by atoms with van der Waals surface area (Å²) in [6.07, 6.45) is 1.74. The minimum Gasteiger partial charge on any atom is -0.349 e. The predicted molar refractivity (Wildman–Crippen MR) is 73.4 cm³/mol. The Morgan fingerprint density at radius 2 is 2.11 bits per heavy atom. The fourth-order valence-electron chi connectivity index (χ4n) is 2.49. The molecule has 18 heavy (non-hydrogen) atoms. The quantitative estimate of drug-likeness (QED) is 0.858. The summed E-state index contributed by atoms with van der Waals surface area (Å²) in [7, 11) is 0. The number of benzene rings is 1. The van der Waals surface area contributed by atoms with Gasteiger partial charge in [0, 0.05) is 23.1 Å². The van der Waals surface area contributed by atoms with E-state index < -0.39 is 0 Å². The number of nitrogens with one attached hydrogen (secondary N) is 1. The van der Waals surface area contributed by atoms with Gasteiger partial charge < -0.3 is 11.1 Å². The Labute approximate surface area is 109 Å². The number of aryl methyl sites for hydroxylation is 1. The van der Waals surface area contributed by atoms with Crippen molar-refractivity contribution in [3.8, 4) is 0 Å². The third kappa shape index (κ3) is 2.15. The Morgan fingerprint density at radius 3 is 2.67 bits per heavy atom. The van der Waals surface area contributed by atoms with Crippen LogP contribution in [0.1, 0.15) is 43.1 Å². The zero-order valence-corrected chi connectivity index (χ0v) is 11.4. The molecule has 1 aromatic rings. The second-order valence-corrected chi connectivity index (χ2v) is 5.70. The van der Waals surface area contributed by atoms with Crippen LogP contribution in [0.3, 0.4) is 0 Å². The zero-order chi connectivity index (χ0) is 13.3. The Kier molecular flexibility index (Phi) is 3.44. The summed E-state index contributed by atoms with van der Waals surface area (Å²) >= 11 is 0. The third-order valence-corrected chi connectivity index (χ3v) is 4.29. The number of hydrogen-bond donors (Lipinski definition) is 2. The second-order valence-electron chi connectivity index (χ2n) is 5.70. The Bertz CT molecular complexity index is 454. The van der Waals surface area contributed by atoms with Crippen LogP contribution >= 0.6 is 0 Å². The van der Waals surface area contributed by atoms with Gasteiger partial charge in [-0.05, 0) is 24.5 Å². The average Bonchev–Trinajstić information content (AvgIpc) is 2.38. The second kappa shape index (κ2) is 4.73. The molecule has 0 aromatic heterocycles. The molecule has 0 saturated heterocycles. The summed E-state index contributed by atoms with van der Waals surface area (Å²) in [5.41, 5.74) is 7.84. The van der Waals surface area contributed by atoms with E-state index in [0.29, 0.717) is 0 Å². The topological polar surface area (TPSA) is 55.1 Å². The van der Waals surface area contributed by atoms with Crippen LogP contribution in [-0.2, 0) is 6.42 Å². The van der Waals surface area contributed by atoms with Crippen LogP contribution in [-0.4, -0.2) is 18.0 Å². The third-order valence-electron chi connectivity index (χ3n) is 4.29. The normalized spacial score (nSPS) is 25.3. The monoisotopic (exact) mass is 246 g/mol. The molecule has 0 aliphatic heterocycles. The maximum atomic E-state index is 12.3. The Morgan fingerprint density at radius 1 is 1.44 bits per heavy atom.